The maximum Gasteiger partial charge on any atom is 0.101 e. The number of hydrogen-bond acceptors (Lipinski definition) is 4. The summed E-state index contributed by atoms with van der Waals surface area (Å²) in [7, 11) is 0. The Morgan fingerprint density at radius 2 is 2.60 bits per heavy atom. The van der Waals surface area contributed by atoms with Crippen molar-refractivity contribution in [3.05, 3.63) is 24.0 Å². The lowest BCUT2D eigenvalue weighted by Gasteiger charge is -2.11. The Bertz CT molecular complexity index is 363. The zero-order valence-corrected chi connectivity index (χ0v) is 8.53. The molecule has 0 aliphatic carbocycles. The van der Waals surface area contributed by atoms with Crippen molar-refractivity contribution < 1.29 is 0 Å². The van der Waals surface area contributed by atoms with E-state index >= 15 is 0 Å². The topological polar surface area (TPSA) is 60.7 Å². The number of rotatable bonds is 3. The lowest BCUT2D eigenvalue weighted by Crippen LogP contribution is -2.17. The Morgan fingerprint density at radius 1 is 1.67 bits per heavy atom. The number of nitriles is 1. The average Bonchev–Trinajstić information content (AvgIpc) is 2.79. The van der Waals surface area contributed by atoms with Gasteiger partial charge in [0.15, 0.2) is 0 Å². The Balaban J connectivity index is 1.95. The van der Waals surface area contributed by atoms with E-state index in [1.54, 1.807) is 18.5 Å². The Hall–Kier alpha value is -1.60. The van der Waals surface area contributed by atoms with Gasteiger partial charge in [-0.2, -0.15) is 5.26 Å². The second-order valence-corrected chi connectivity index (χ2v) is 3.77. The zero-order chi connectivity index (χ0) is 10.5. The molecule has 1 aromatic rings. The van der Waals surface area contributed by atoms with E-state index in [0.29, 0.717) is 11.5 Å². The van der Waals surface area contributed by atoms with E-state index in [9.17, 15) is 0 Å². The minimum absolute atomic E-state index is 0.663. The van der Waals surface area contributed by atoms with E-state index in [1.807, 2.05) is 0 Å². The van der Waals surface area contributed by atoms with Gasteiger partial charge in [0.25, 0.3) is 0 Å². The minimum atomic E-state index is 0.663. The van der Waals surface area contributed by atoms with Crippen LogP contribution < -0.4 is 10.6 Å². The van der Waals surface area contributed by atoms with Crippen LogP contribution in [0.25, 0.3) is 0 Å². The molecule has 0 aromatic carbocycles. The molecule has 1 atom stereocenters. The van der Waals surface area contributed by atoms with Crippen LogP contribution in [0.1, 0.15) is 12.0 Å². The molecule has 2 heterocycles. The number of anilines is 1. The van der Waals surface area contributed by atoms with Crippen LogP contribution in [-0.2, 0) is 0 Å². The smallest absolute Gasteiger partial charge is 0.101 e. The number of aromatic nitrogens is 1. The van der Waals surface area contributed by atoms with Gasteiger partial charge in [0.2, 0.25) is 0 Å². The van der Waals surface area contributed by atoms with Crippen molar-refractivity contribution in [3.8, 4) is 6.07 Å². The first-order valence-corrected chi connectivity index (χ1v) is 5.19. The SMILES string of the molecule is N#Cc1ccncc1NCC1CCNC1. The summed E-state index contributed by atoms with van der Waals surface area (Å²) in [6, 6.07) is 3.88. The third-order valence-corrected chi connectivity index (χ3v) is 2.69. The van der Waals surface area contributed by atoms with Crippen LogP contribution in [0.4, 0.5) is 5.69 Å². The van der Waals surface area contributed by atoms with Gasteiger partial charge < -0.3 is 10.6 Å². The van der Waals surface area contributed by atoms with E-state index in [0.717, 1.165) is 25.3 Å². The predicted octanol–water partition coefficient (Wildman–Crippen LogP) is 0.975. The van der Waals surface area contributed by atoms with Gasteiger partial charge in [-0.3, -0.25) is 4.98 Å². The highest BCUT2D eigenvalue weighted by Gasteiger charge is 2.14. The largest absolute Gasteiger partial charge is 0.382 e. The van der Waals surface area contributed by atoms with Crippen LogP contribution >= 0.6 is 0 Å². The van der Waals surface area contributed by atoms with Gasteiger partial charge in [-0.25, -0.2) is 0 Å². The van der Waals surface area contributed by atoms with Crippen LogP contribution in [0.5, 0.6) is 0 Å². The Morgan fingerprint density at radius 3 is 3.33 bits per heavy atom. The van der Waals surface area contributed by atoms with E-state index in [1.165, 1.54) is 6.42 Å². The molecule has 78 valence electrons. The summed E-state index contributed by atoms with van der Waals surface area (Å²) >= 11 is 0. The van der Waals surface area contributed by atoms with Crippen LogP contribution in [0.15, 0.2) is 18.5 Å². The van der Waals surface area contributed by atoms with Gasteiger partial charge in [-0.1, -0.05) is 0 Å². The second kappa shape index (κ2) is 4.76. The van der Waals surface area contributed by atoms with Crippen LogP contribution in [-0.4, -0.2) is 24.6 Å². The van der Waals surface area contributed by atoms with E-state index in [2.05, 4.69) is 21.7 Å². The highest BCUT2D eigenvalue weighted by molar-refractivity contribution is 5.55. The molecule has 0 saturated carbocycles. The third kappa shape index (κ3) is 2.45. The summed E-state index contributed by atoms with van der Waals surface area (Å²) in [5.41, 5.74) is 1.50. The van der Waals surface area contributed by atoms with Crippen LogP contribution in [0, 0.1) is 17.2 Å². The van der Waals surface area contributed by atoms with Gasteiger partial charge in [0.1, 0.15) is 6.07 Å². The molecular formula is C11H14N4. The molecule has 1 aromatic heterocycles. The lowest BCUT2D eigenvalue weighted by atomic mass is 10.1. The van der Waals surface area contributed by atoms with Crippen LogP contribution in [0.3, 0.4) is 0 Å². The Labute approximate surface area is 89.3 Å². The zero-order valence-electron chi connectivity index (χ0n) is 8.53. The molecule has 0 radical (unpaired) electrons. The summed E-state index contributed by atoms with van der Waals surface area (Å²) in [4.78, 5) is 4.01. The summed E-state index contributed by atoms with van der Waals surface area (Å²) in [5, 5.41) is 15.5. The van der Waals surface area contributed by atoms with E-state index < -0.39 is 0 Å². The average molecular weight is 202 g/mol. The molecule has 15 heavy (non-hydrogen) atoms. The van der Waals surface area contributed by atoms with Crippen molar-refractivity contribution in [2.75, 3.05) is 25.0 Å². The van der Waals surface area contributed by atoms with E-state index in [4.69, 9.17) is 5.26 Å². The molecule has 1 aliphatic rings. The molecule has 1 unspecified atom stereocenters. The minimum Gasteiger partial charge on any atom is -0.382 e. The van der Waals surface area contributed by atoms with Gasteiger partial charge in [-0.15, -0.1) is 0 Å². The summed E-state index contributed by atoms with van der Waals surface area (Å²) in [6.45, 7) is 3.08. The van der Waals surface area contributed by atoms with Gasteiger partial charge in [-0.05, 0) is 31.5 Å². The first kappa shape index (κ1) is 9.94. The molecule has 0 spiro atoms. The summed E-state index contributed by atoms with van der Waals surface area (Å²) in [6.07, 6.45) is 4.55. The summed E-state index contributed by atoms with van der Waals surface area (Å²) in [5.74, 6) is 0.664. The van der Waals surface area contributed by atoms with E-state index in [-0.39, 0.29) is 0 Å². The predicted molar refractivity (Wildman–Crippen MR) is 58.4 cm³/mol. The highest BCUT2D eigenvalue weighted by Crippen LogP contribution is 2.14. The fraction of sp³-hybridized carbons (Fsp3) is 0.455. The molecule has 0 amide bonds. The number of hydrogen-bond donors (Lipinski definition) is 2. The molecule has 4 heteroatoms. The lowest BCUT2D eigenvalue weighted by molar-refractivity contribution is 0.615. The van der Waals surface area contributed by atoms with Crippen molar-refractivity contribution in [1.29, 1.82) is 5.26 Å². The fourth-order valence-electron chi connectivity index (χ4n) is 1.78. The molecule has 2 rings (SSSR count). The molecule has 1 fully saturated rings. The van der Waals surface area contributed by atoms with Crippen molar-refractivity contribution in [3.63, 3.8) is 0 Å². The normalized spacial score (nSPS) is 19.8. The van der Waals surface area contributed by atoms with Gasteiger partial charge in [0.05, 0.1) is 17.4 Å². The van der Waals surface area contributed by atoms with Crippen molar-refractivity contribution in [1.82, 2.24) is 10.3 Å². The molecular weight excluding hydrogens is 188 g/mol. The summed E-state index contributed by atoms with van der Waals surface area (Å²) < 4.78 is 0. The highest BCUT2D eigenvalue weighted by atomic mass is 14.9. The van der Waals surface area contributed by atoms with Gasteiger partial charge >= 0.3 is 0 Å². The maximum absolute atomic E-state index is 8.88. The Kier molecular flexibility index (Phi) is 3.15. The quantitative estimate of drug-likeness (QED) is 0.767. The molecule has 1 saturated heterocycles. The second-order valence-electron chi connectivity index (χ2n) is 3.77. The number of nitrogens with one attached hydrogen (secondary N) is 2. The third-order valence-electron chi connectivity index (χ3n) is 2.69. The molecule has 4 nitrogen and oxygen atoms in total. The standard InChI is InChI=1S/C11H14N4/c12-5-10-2-4-14-8-11(10)15-7-9-1-3-13-6-9/h2,4,8-9,13,15H,1,3,6-7H2. The van der Waals surface area contributed by atoms with Crippen LogP contribution in [0.2, 0.25) is 0 Å². The van der Waals surface area contributed by atoms with Gasteiger partial charge in [0, 0.05) is 12.7 Å². The first-order valence-electron chi connectivity index (χ1n) is 5.19. The van der Waals surface area contributed by atoms with Crippen molar-refractivity contribution in [2.24, 2.45) is 5.92 Å². The first-order chi connectivity index (χ1) is 7.40. The molecule has 2 N–H and O–H groups in total. The number of nitrogens with zero attached hydrogens (tertiary/aromatic N) is 2. The number of pyridine rings is 1. The molecule has 1 aliphatic heterocycles. The maximum atomic E-state index is 8.88. The van der Waals surface area contributed by atoms with Crippen molar-refractivity contribution >= 4 is 5.69 Å². The molecule has 0 bridgehead atoms. The van der Waals surface area contributed by atoms with Crippen molar-refractivity contribution in [2.45, 2.75) is 6.42 Å². The monoisotopic (exact) mass is 202 g/mol. The fourth-order valence-corrected chi connectivity index (χ4v) is 1.78.